The molecule has 3 N–H and O–H groups in total. The van der Waals surface area contributed by atoms with E-state index in [0.717, 1.165) is 6.42 Å². The molecule has 0 aliphatic carbocycles. The molecule has 0 aliphatic rings. The minimum Gasteiger partial charge on any atom is -0.383 e. The van der Waals surface area contributed by atoms with Gasteiger partial charge in [0.25, 0.3) is 17.2 Å². The van der Waals surface area contributed by atoms with Crippen molar-refractivity contribution in [3.63, 3.8) is 0 Å². The molecule has 1 amide bonds. The smallest absolute Gasteiger partial charge is 0.330 e. The minimum atomic E-state index is -0.771. The fourth-order valence-electron chi connectivity index (χ4n) is 3.11. The van der Waals surface area contributed by atoms with E-state index in [4.69, 9.17) is 5.73 Å². The number of hydrogen-bond acceptors (Lipinski definition) is 6. The van der Waals surface area contributed by atoms with Crippen LogP contribution in [-0.2, 0) is 6.54 Å². The molecular formula is C19H25N5O5. The predicted octanol–water partition coefficient (Wildman–Crippen LogP) is 2.19. The number of carbonyl (C=O) groups excluding carboxylic acids is 1. The van der Waals surface area contributed by atoms with Crippen LogP contribution in [0.2, 0.25) is 0 Å². The van der Waals surface area contributed by atoms with E-state index in [1.54, 1.807) is 0 Å². The van der Waals surface area contributed by atoms with Gasteiger partial charge in [-0.15, -0.1) is 0 Å². The van der Waals surface area contributed by atoms with Crippen molar-refractivity contribution in [2.24, 2.45) is 0 Å². The molecule has 1 aromatic heterocycles. The monoisotopic (exact) mass is 403 g/mol. The van der Waals surface area contributed by atoms with Gasteiger partial charge in [0.2, 0.25) is 0 Å². The molecule has 0 spiro atoms. The molecule has 29 heavy (non-hydrogen) atoms. The van der Waals surface area contributed by atoms with E-state index in [1.807, 2.05) is 13.8 Å². The van der Waals surface area contributed by atoms with Gasteiger partial charge in [0.1, 0.15) is 5.82 Å². The summed E-state index contributed by atoms with van der Waals surface area (Å²) in [6.07, 6.45) is 1.91. The molecule has 156 valence electrons. The molecule has 0 fully saturated rings. The van der Waals surface area contributed by atoms with Crippen molar-refractivity contribution in [2.45, 2.75) is 46.6 Å². The van der Waals surface area contributed by atoms with Crippen molar-refractivity contribution in [1.82, 2.24) is 9.55 Å². The number of carbonyl (C=O) groups is 1. The highest BCUT2D eigenvalue weighted by Gasteiger charge is 2.27. The van der Waals surface area contributed by atoms with Gasteiger partial charge in [0.05, 0.1) is 4.92 Å². The average Bonchev–Trinajstić information content (AvgIpc) is 2.67. The van der Waals surface area contributed by atoms with Crippen molar-refractivity contribution < 1.29 is 9.72 Å². The lowest BCUT2D eigenvalue weighted by atomic mass is 10.0. The second kappa shape index (κ2) is 9.18. The SMILES string of the molecule is CCCCN(C(=O)c1cccc([N+](=O)[O-])c1C)c1c(N)n(CCC)c(=O)[nH]c1=O. The molecule has 0 saturated heterocycles. The summed E-state index contributed by atoms with van der Waals surface area (Å²) < 4.78 is 1.21. The minimum absolute atomic E-state index is 0.0994. The number of H-pyrrole nitrogens is 1. The highest BCUT2D eigenvalue weighted by atomic mass is 16.6. The van der Waals surface area contributed by atoms with Crippen LogP contribution in [0.5, 0.6) is 0 Å². The zero-order valence-electron chi connectivity index (χ0n) is 16.7. The third kappa shape index (κ3) is 4.36. The number of nitrogens with zero attached hydrogens (tertiary/aromatic N) is 3. The molecule has 1 aromatic carbocycles. The van der Waals surface area contributed by atoms with Gasteiger partial charge in [0, 0.05) is 30.3 Å². The fourth-order valence-corrected chi connectivity index (χ4v) is 3.11. The lowest BCUT2D eigenvalue weighted by Crippen LogP contribution is -2.41. The molecular weight excluding hydrogens is 378 g/mol. The van der Waals surface area contributed by atoms with Crippen LogP contribution in [0.4, 0.5) is 17.2 Å². The van der Waals surface area contributed by atoms with Crippen LogP contribution < -0.4 is 21.9 Å². The molecule has 10 nitrogen and oxygen atoms in total. The number of rotatable bonds is 8. The normalized spacial score (nSPS) is 10.7. The molecule has 0 atom stereocenters. The van der Waals surface area contributed by atoms with Crippen LogP contribution in [0.25, 0.3) is 0 Å². The molecule has 2 aromatic rings. The number of aromatic nitrogens is 2. The summed E-state index contributed by atoms with van der Waals surface area (Å²) in [6.45, 7) is 5.71. The third-order valence-corrected chi connectivity index (χ3v) is 4.64. The van der Waals surface area contributed by atoms with E-state index < -0.39 is 22.1 Å². The van der Waals surface area contributed by atoms with Crippen molar-refractivity contribution in [1.29, 1.82) is 0 Å². The number of aromatic amines is 1. The zero-order chi connectivity index (χ0) is 21.7. The molecule has 2 rings (SSSR count). The Morgan fingerprint density at radius 2 is 1.97 bits per heavy atom. The van der Waals surface area contributed by atoms with Crippen molar-refractivity contribution in [3.8, 4) is 0 Å². The Balaban J connectivity index is 2.68. The standard InChI is InChI=1S/C19H25N5O5/c1-4-6-11-22(15-16(20)23(10-5-2)19(27)21-17(15)25)18(26)13-8-7-9-14(12(13)3)24(28)29/h7-9H,4-6,10-11,20H2,1-3H3,(H,21,25,27). The van der Waals surface area contributed by atoms with Gasteiger partial charge in [-0.3, -0.25) is 29.3 Å². The third-order valence-electron chi connectivity index (χ3n) is 4.64. The van der Waals surface area contributed by atoms with Gasteiger partial charge in [-0.25, -0.2) is 4.79 Å². The van der Waals surface area contributed by atoms with Crippen LogP contribution in [0.3, 0.4) is 0 Å². The van der Waals surface area contributed by atoms with Gasteiger partial charge in [-0.05, 0) is 25.8 Å². The van der Waals surface area contributed by atoms with E-state index in [1.165, 1.54) is 34.6 Å². The number of anilines is 2. The first-order valence-electron chi connectivity index (χ1n) is 9.42. The maximum Gasteiger partial charge on any atom is 0.330 e. The van der Waals surface area contributed by atoms with Crippen LogP contribution in [-0.4, -0.2) is 26.9 Å². The number of nitrogens with one attached hydrogen (secondary N) is 1. The van der Waals surface area contributed by atoms with Gasteiger partial charge in [0.15, 0.2) is 5.69 Å². The topological polar surface area (TPSA) is 144 Å². The van der Waals surface area contributed by atoms with Gasteiger partial charge < -0.3 is 10.6 Å². The summed E-state index contributed by atoms with van der Waals surface area (Å²) >= 11 is 0. The molecule has 0 radical (unpaired) electrons. The molecule has 10 heteroatoms. The second-order valence-corrected chi connectivity index (χ2v) is 6.66. The van der Waals surface area contributed by atoms with Crippen LogP contribution >= 0.6 is 0 Å². The summed E-state index contributed by atoms with van der Waals surface area (Å²) in [6, 6.07) is 4.20. The number of amides is 1. The Morgan fingerprint density at radius 3 is 2.55 bits per heavy atom. The summed E-state index contributed by atoms with van der Waals surface area (Å²) in [5.41, 5.74) is 4.68. The molecule has 0 aliphatic heterocycles. The van der Waals surface area contributed by atoms with Gasteiger partial charge >= 0.3 is 5.69 Å². The summed E-state index contributed by atoms with van der Waals surface area (Å²) in [5, 5.41) is 11.2. The number of unbranched alkanes of at least 4 members (excludes halogenated alkanes) is 1. The van der Waals surface area contributed by atoms with E-state index in [0.29, 0.717) is 12.8 Å². The molecule has 0 unspecified atom stereocenters. The predicted molar refractivity (Wildman–Crippen MR) is 110 cm³/mol. The highest BCUT2D eigenvalue weighted by Crippen LogP contribution is 2.25. The molecule has 0 bridgehead atoms. The fraction of sp³-hybridized carbons (Fsp3) is 0.421. The maximum atomic E-state index is 13.3. The number of nitro groups is 1. The van der Waals surface area contributed by atoms with E-state index in [9.17, 15) is 24.5 Å². The van der Waals surface area contributed by atoms with E-state index in [2.05, 4.69) is 4.98 Å². The first kappa shape index (κ1) is 21.9. The number of hydrogen-bond donors (Lipinski definition) is 2. The van der Waals surface area contributed by atoms with Crippen LogP contribution in [0.1, 0.15) is 49.0 Å². The van der Waals surface area contributed by atoms with E-state index >= 15 is 0 Å². The Hall–Kier alpha value is -3.43. The van der Waals surface area contributed by atoms with E-state index in [-0.39, 0.29) is 41.4 Å². The first-order valence-corrected chi connectivity index (χ1v) is 9.42. The van der Waals surface area contributed by atoms with Crippen molar-refractivity contribution >= 4 is 23.1 Å². The van der Waals surface area contributed by atoms with Gasteiger partial charge in [-0.1, -0.05) is 26.3 Å². The first-order chi connectivity index (χ1) is 13.7. The largest absolute Gasteiger partial charge is 0.383 e. The summed E-state index contributed by atoms with van der Waals surface area (Å²) in [7, 11) is 0. The average molecular weight is 403 g/mol. The molecule has 0 saturated carbocycles. The Labute approximate surface area is 167 Å². The lowest BCUT2D eigenvalue weighted by Gasteiger charge is -2.25. The summed E-state index contributed by atoms with van der Waals surface area (Å²) in [5.74, 6) is -0.688. The van der Waals surface area contributed by atoms with Crippen LogP contribution in [0.15, 0.2) is 27.8 Å². The maximum absolute atomic E-state index is 13.3. The Bertz CT molecular complexity index is 1040. The quantitative estimate of drug-likeness (QED) is 0.510. The van der Waals surface area contributed by atoms with Crippen LogP contribution in [0, 0.1) is 17.0 Å². The lowest BCUT2D eigenvalue weighted by molar-refractivity contribution is -0.385. The van der Waals surface area contributed by atoms with Gasteiger partial charge in [-0.2, -0.15) is 0 Å². The number of benzene rings is 1. The van der Waals surface area contributed by atoms with Crippen molar-refractivity contribution in [3.05, 3.63) is 60.3 Å². The molecule has 1 heterocycles. The van der Waals surface area contributed by atoms with Crippen molar-refractivity contribution in [2.75, 3.05) is 17.2 Å². The summed E-state index contributed by atoms with van der Waals surface area (Å²) in [4.78, 5) is 52.1. The number of nitro benzene ring substituents is 1. The zero-order valence-corrected chi connectivity index (χ0v) is 16.7. The number of nitrogen functional groups attached to an aromatic ring is 1. The highest BCUT2D eigenvalue weighted by molar-refractivity contribution is 6.08. The Kier molecular flexibility index (Phi) is 6.92. The Morgan fingerprint density at radius 1 is 1.28 bits per heavy atom. The number of nitrogens with two attached hydrogens (primary N) is 1. The second-order valence-electron chi connectivity index (χ2n) is 6.66.